The number of hydrogen-bond donors (Lipinski definition) is 2. The SMILES string of the molecule is CCC1(C)CC(Nc2cccc(OCC(N)=O)c2)CCO1. The Morgan fingerprint density at radius 2 is 2.38 bits per heavy atom. The minimum Gasteiger partial charge on any atom is -0.484 e. The van der Waals surface area contributed by atoms with Crippen LogP contribution in [0.1, 0.15) is 33.1 Å². The lowest BCUT2D eigenvalue weighted by atomic mass is 9.90. The van der Waals surface area contributed by atoms with E-state index < -0.39 is 5.91 Å². The molecule has 1 amide bonds. The van der Waals surface area contributed by atoms with Crippen molar-refractivity contribution in [3.8, 4) is 5.75 Å². The molecule has 1 fully saturated rings. The number of hydrogen-bond acceptors (Lipinski definition) is 4. The van der Waals surface area contributed by atoms with Crippen molar-refractivity contribution in [2.75, 3.05) is 18.5 Å². The van der Waals surface area contributed by atoms with Crippen LogP contribution in [-0.2, 0) is 9.53 Å². The Hall–Kier alpha value is -1.75. The van der Waals surface area contributed by atoms with Crippen molar-refractivity contribution in [3.63, 3.8) is 0 Å². The fourth-order valence-electron chi connectivity index (χ4n) is 2.57. The molecule has 1 aromatic carbocycles. The van der Waals surface area contributed by atoms with Gasteiger partial charge in [0, 0.05) is 24.4 Å². The van der Waals surface area contributed by atoms with Gasteiger partial charge >= 0.3 is 0 Å². The molecule has 116 valence electrons. The van der Waals surface area contributed by atoms with E-state index in [1.54, 1.807) is 0 Å². The van der Waals surface area contributed by atoms with Gasteiger partial charge in [0.25, 0.3) is 5.91 Å². The first kappa shape index (κ1) is 15.6. The van der Waals surface area contributed by atoms with Gasteiger partial charge in [0.2, 0.25) is 0 Å². The van der Waals surface area contributed by atoms with E-state index in [4.69, 9.17) is 15.2 Å². The molecule has 0 aliphatic carbocycles. The second kappa shape index (κ2) is 6.80. The second-order valence-corrected chi connectivity index (χ2v) is 5.77. The number of nitrogens with one attached hydrogen (secondary N) is 1. The lowest BCUT2D eigenvalue weighted by Crippen LogP contribution is -2.41. The Morgan fingerprint density at radius 3 is 3.10 bits per heavy atom. The van der Waals surface area contributed by atoms with Gasteiger partial charge < -0.3 is 20.5 Å². The highest BCUT2D eigenvalue weighted by molar-refractivity contribution is 5.75. The minimum absolute atomic E-state index is 0.0456. The highest BCUT2D eigenvalue weighted by Gasteiger charge is 2.31. The molecule has 1 aliphatic heterocycles. The number of primary amides is 1. The summed E-state index contributed by atoms with van der Waals surface area (Å²) in [4.78, 5) is 10.7. The number of benzene rings is 1. The van der Waals surface area contributed by atoms with Crippen LogP contribution in [-0.4, -0.2) is 30.8 Å². The predicted molar refractivity (Wildman–Crippen MR) is 82.4 cm³/mol. The highest BCUT2D eigenvalue weighted by atomic mass is 16.5. The molecule has 3 N–H and O–H groups in total. The summed E-state index contributed by atoms with van der Waals surface area (Å²) in [6.45, 7) is 4.99. The normalized spacial score (nSPS) is 25.3. The van der Waals surface area contributed by atoms with E-state index in [0.29, 0.717) is 11.8 Å². The quantitative estimate of drug-likeness (QED) is 0.844. The van der Waals surface area contributed by atoms with Gasteiger partial charge in [-0.3, -0.25) is 4.79 Å². The van der Waals surface area contributed by atoms with Gasteiger partial charge in [-0.15, -0.1) is 0 Å². The van der Waals surface area contributed by atoms with Gasteiger partial charge in [-0.1, -0.05) is 13.0 Å². The predicted octanol–water partition coefficient (Wildman–Crippen LogP) is 2.31. The van der Waals surface area contributed by atoms with Crippen molar-refractivity contribution in [1.29, 1.82) is 0 Å². The maximum Gasteiger partial charge on any atom is 0.255 e. The number of anilines is 1. The summed E-state index contributed by atoms with van der Waals surface area (Å²) in [5.74, 6) is 0.167. The van der Waals surface area contributed by atoms with E-state index in [1.165, 1.54) is 0 Å². The first-order chi connectivity index (χ1) is 10.0. The first-order valence-electron chi connectivity index (χ1n) is 7.42. The summed E-state index contributed by atoms with van der Waals surface area (Å²) in [7, 11) is 0. The van der Waals surface area contributed by atoms with Crippen LogP contribution in [0.25, 0.3) is 0 Å². The third-order valence-electron chi connectivity index (χ3n) is 3.93. The fraction of sp³-hybridized carbons (Fsp3) is 0.562. The molecular formula is C16H24N2O3. The van der Waals surface area contributed by atoms with Crippen molar-refractivity contribution < 1.29 is 14.3 Å². The molecular weight excluding hydrogens is 268 g/mol. The Bertz CT molecular complexity index is 492. The molecule has 5 heteroatoms. The lowest BCUT2D eigenvalue weighted by molar-refractivity contribution is -0.119. The third-order valence-corrected chi connectivity index (χ3v) is 3.93. The van der Waals surface area contributed by atoms with Crippen molar-refractivity contribution in [2.24, 2.45) is 5.73 Å². The monoisotopic (exact) mass is 292 g/mol. The molecule has 1 aromatic rings. The summed E-state index contributed by atoms with van der Waals surface area (Å²) in [5.41, 5.74) is 6.02. The number of carbonyl (C=O) groups is 1. The molecule has 2 rings (SSSR count). The van der Waals surface area contributed by atoms with Crippen LogP contribution in [0.4, 0.5) is 5.69 Å². The van der Waals surface area contributed by atoms with Gasteiger partial charge in [0.1, 0.15) is 5.75 Å². The number of ether oxygens (including phenoxy) is 2. The molecule has 5 nitrogen and oxygen atoms in total. The van der Waals surface area contributed by atoms with E-state index >= 15 is 0 Å². The van der Waals surface area contributed by atoms with Crippen molar-refractivity contribution in [2.45, 2.75) is 44.8 Å². The Labute approximate surface area is 125 Å². The number of rotatable bonds is 6. The highest BCUT2D eigenvalue weighted by Crippen LogP contribution is 2.30. The molecule has 21 heavy (non-hydrogen) atoms. The zero-order valence-corrected chi connectivity index (χ0v) is 12.7. The first-order valence-corrected chi connectivity index (χ1v) is 7.42. The van der Waals surface area contributed by atoms with Gasteiger partial charge in [0.15, 0.2) is 6.61 Å². The fourth-order valence-corrected chi connectivity index (χ4v) is 2.57. The maximum atomic E-state index is 10.7. The Morgan fingerprint density at radius 1 is 1.57 bits per heavy atom. The van der Waals surface area contributed by atoms with Crippen LogP contribution in [0.5, 0.6) is 5.75 Å². The number of nitrogens with two attached hydrogens (primary N) is 1. The van der Waals surface area contributed by atoms with Crippen molar-refractivity contribution in [1.82, 2.24) is 0 Å². The maximum absolute atomic E-state index is 10.7. The molecule has 0 spiro atoms. The summed E-state index contributed by atoms with van der Waals surface area (Å²) in [6.07, 6.45) is 2.98. The standard InChI is InChI=1S/C16H24N2O3/c1-3-16(2)10-13(7-8-21-16)18-12-5-4-6-14(9-12)20-11-15(17)19/h4-6,9,13,18H,3,7-8,10-11H2,1-2H3,(H2,17,19). The lowest BCUT2D eigenvalue weighted by Gasteiger charge is -2.38. The molecule has 2 unspecified atom stereocenters. The molecule has 0 bridgehead atoms. The zero-order chi connectivity index (χ0) is 15.3. The van der Waals surface area contributed by atoms with E-state index in [2.05, 4.69) is 19.2 Å². The summed E-state index contributed by atoms with van der Waals surface area (Å²) in [5, 5.41) is 3.52. The summed E-state index contributed by atoms with van der Waals surface area (Å²) in [6, 6.07) is 7.98. The number of carbonyl (C=O) groups excluding carboxylic acids is 1. The van der Waals surface area contributed by atoms with Crippen LogP contribution in [0.3, 0.4) is 0 Å². The topological polar surface area (TPSA) is 73.6 Å². The van der Waals surface area contributed by atoms with Crippen LogP contribution in [0, 0.1) is 0 Å². The number of amides is 1. The van der Waals surface area contributed by atoms with Gasteiger partial charge in [-0.2, -0.15) is 0 Å². The van der Waals surface area contributed by atoms with Gasteiger partial charge in [0.05, 0.1) is 5.60 Å². The largest absolute Gasteiger partial charge is 0.484 e. The van der Waals surface area contributed by atoms with Crippen LogP contribution in [0.2, 0.25) is 0 Å². The molecule has 0 saturated carbocycles. The molecule has 0 radical (unpaired) electrons. The molecule has 1 heterocycles. The van der Waals surface area contributed by atoms with Crippen molar-refractivity contribution in [3.05, 3.63) is 24.3 Å². The Kier molecular flexibility index (Phi) is 5.07. The second-order valence-electron chi connectivity index (χ2n) is 5.77. The van der Waals surface area contributed by atoms with E-state index in [9.17, 15) is 4.79 Å². The molecule has 1 saturated heterocycles. The zero-order valence-electron chi connectivity index (χ0n) is 12.7. The van der Waals surface area contributed by atoms with Gasteiger partial charge in [-0.25, -0.2) is 0 Å². The van der Waals surface area contributed by atoms with Gasteiger partial charge in [-0.05, 0) is 38.3 Å². The van der Waals surface area contributed by atoms with E-state index in [0.717, 1.165) is 31.6 Å². The smallest absolute Gasteiger partial charge is 0.255 e. The minimum atomic E-state index is -0.475. The van der Waals surface area contributed by atoms with E-state index in [1.807, 2.05) is 24.3 Å². The van der Waals surface area contributed by atoms with Crippen LogP contribution >= 0.6 is 0 Å². The Balaban J connectivity index is 1.96. The van der Waals surface area contributed by atoms with Crippen molar-refractivity contribution >= 4 is 11.6 Å². The van der Waals surface area contributed by atoms with E-state index in [-0.39, 0.29) is 12.2 Å². The van der Waals surface area contributed by atoms with Crippen LogP contribution in [0.15, 0.2) is 24.3 Å². The molecule has 1 aliphatic rings. The third kappa shape index (κ3) is 4.63. The average molecular weight is 292 g/mol. The summed E-state index contributed by atoms with van der Waals surface area (Å²) >= 11 is 0. The molecule has 0 aromatic heterocycles. The van der Waals surface area contributed by atoms with Crippen LogP contribution < -0.4 is 15.8 Å². The average Bonchev–Trinajstić information content (AvgIpc) is 2.46. The molecule has 2 atom stereocenters. The summed E-state index contributed by atoms with van der Waals surface area (Å²) < 4.78 is 11.2.